The van der Waals surface area contributed by atoms with E-state index in [9.17, 15) is 4.79 Å². The number of amides is 1. The van der Waals surface area contributed by atoms with Crippen molar-refractivity contribution in [3.8, 4) is 0 Å². The van der Waals surface area contributed by atoms with Crippen LogP contribution >= 0.6 is 0 Å². The Morgan fingerprint density at radius 2 is 2.53 bits per heavy atom. The quantitative estimate of drug-likeness (QED) is 0.560. The third-order valence-corrected chi connectivity index (χ3v) is 2.13. The highest BCUT2D eigenvalue weighted by Crippen LogP contribution is 2.09. The highest BCUT2D eigenvalue weighted by atomic mass is 16.2. The topological polar surface area (TPSA) is 75.0 Å². The predicted molar refractivity (Wildman–Crippen MR) is 59.4 cm³/mol. The molecule has 1 heterocycles. The third-order valence-electron chi connectivity index (χ3n) is 2.13. The Bertz CT molecular complexity index is 345. The summed E-state index contributed by atoms with van der Waals surface area (Å²) in [5, 5.41) is 6.30. The summed E-state index contributed by atoms with van der Waals surface area (Å²) < 4.78 is 0. The largest absolute Gasteiger partial charge is 0.396 e. The van der Waals surface area contributed by atoms with E-state index in [0.717, 1.165) is 12.8 Å². The summed E-state index contributed by atoms with van der Waals surface area (Å²) in [6.45, 7) is 4.31. The number of rotatable bonds is 5. The molecule has 5 nitrogen and oxygen atoms in total. The van der Waals surface area contributed by atoms with Gasteiger partial charge in [-0.25, -0.2) is 0 Å². The minimum Gasteiger partial charge on any atom is -0.396 e. The van der Waals surface area contributed by atoms with Gasteiger partial charge in [0.05, 0.1) is 11.9 Å². The highest BCUT2D eigenvalue weighted by Gasteiger charge is 2.15. The van der Waals surface area contributed by atoms with Gasteiger partial charge in [0, 0.05) is 13.6 Å². The van der Waals surface area contributed by atoms with Crippen molar-refractivity contribution in [3.63, 3.8) is 0 Å². The van der Waals surface area contributed by atoms with E-state index in [1.54, 1.807) is 11.9 Å². The van der Waals surface area contributed by atoms with E-state index >= 15 is 0 Å². The maximum absolute atomic E-state index is 11.8. The van der Waals surface area contributed by atoms with Crippen LogP contribution in [0.2, 0.25) is 0 Å². The first-order valence-electron chi connectivity index (χ1n) is 4.82. The number of nitrogens with one attached hydrogen (secondary N) is 1. The molecule has 82 valence electrons. The molecule has 0 saturated carbocycles. The number of carbonyl (C=O) groups excluding carboxylic acids is 1. The van der Waals surface area contributed by atoms with E-state index in [0.29, 0.717) is 17.9 Å². The number of H-pyrrole nitrogens is 1. The Morgan fingerprint density at radius 1 is 1.80 bits per heavy atom. The van der Waals surface area contributed by atoms with Gasteiger partial charge in [-0.05, 0) is 12.8 Å². The second kappa shape index (κ2) is 5.19. The van der Waals surface area contributed by atoms with Crippen LogP contribution in [-0.2, 0) is 0 Å². The van der Waals surface area contributed by atoms with Crippen molar-refractivity contribution in [2.75, 3.05) is 19.3 Å². The molecule has 0 atom stereocenters. The van der Waals surface area contributed by atoms with Gasteiger partial charge in [-0.2, -0.15) is 5.10 Å². The van der Waals surface area contributed by atoms with Crippen LogP contribution in [0.15, 0.2) is 18.9 Å². The van der Waals surface area contributed by atoms with Crippen LogP contribution in [0.25, 0.3) is 0 Å². The summed E-state index contributed by atoms with van der Waals surface area (Å²) in [7, 11) is 1.74. The fraction of sp³-hybridized carbons (Fsp3) is 0.400. The molecule has 0 bridgehead atoms. The van der Waals surface area contributed by atoms with E-state index in [-0.39, 0.29) is 5.91 Å². The van der Waals surface area contributed by atoms with Crippen molar-refractivity contribution in [2.24, 2.45) is 0 Å². The summed E-state index contributed by atoms with van der Waals surface area (Å²) in [6.07, 6.45) is 5.07. The molecule has 0 aliphatic heterocycles. The molecule has 0 saturated heterocycles. The summed E-state index contributed by atoms with van der Waals surface area (Å²) in [6, 6.07) is 0. The first-order valence-corrected chi connectivity index (χ1v) is 4.82. The van der Waals surface area contributed by atoms with E-state index in [4.69, 9.17) is 5.73 Å². The van der Waals surface area contributed by atoms with Crippen molar-refractivity contribution >= 4 is 11.6 Å². The van der Waals surface area contributed by atoms with Crippen LogP contribution in [-0.4, -0.2) is 34.6 Å². The molecule has 0 fully saturated rings. The molecule has 1 rings (SSSR count). The average molecular weight is 208 g/mol. The lowest BCUT2D eigenvalue weighted by Crippen LogP contribution is -2.28. The fourth-order valence-corrected chi connectivity index (χ4v) is 1.23. The summed E-state index contributed by atoms with van der Waals surface area (Å²) >= 11 is 0. The first kappa shape index (κ1) is 11.3. The van der Waals surface area contributed by atoms with Gasteiger partial charge in [0.1, 0.15) is 5.69 Å². The molecule has 0 aliphatic carbocycles. The Hall–Kier alpha value is -1.78. The number of carbonyl (C=O) groups is 1. The number of aromatic amines is 1. The monoisotopic (exact) mass is 208 g/mol. The molecule has 3 N–H and O–H groups in total. The lowest BCUT2D eigenvalue weighted by molar-refractivity contribution is 0.0789. The lowest BCUT2D eigenvalue weighted by atomic mass is 10.2. The molecule has 0 aromatic carbocycles. The molecular weight excluding hydrogens is 192 g/mol. The summed E-state index contributed by atoms with van der Waals surface area (Å²) in [5.41, 5.74) is 6.32. The molecule has 1 amide bonds. The number of nitrogens with zero attached hydrogens (tertiary/aromatic N) is 2. The van der Waals surface area contributed by atoms with Gasteiger partial charge < -0.3 is 10.6 Å². The Labute approximate surface area is 89.0 Å². The van der Waals surface area contributed by atoms with Crippen LogP contribution in [0.3, 0.4) is 0 Å². The number of hydrogen-bond donors (Lipinski definition) is 2. The average Bonchev–Trinajstić information content (AvgIpc) is 2.63. The fourth-order valence-electron chi connectivity index (χ4n) is 1.23. The van der Waals surface area contributed by atoms with Crippen molar-refractivity contribution in [1.82, 2.24) is 15.1 Å². The number of aromatic nitrogens is 2. The van der Waals surface area contributed by atoms with Crippen LogP contribution in [0.5, 0.6) is 0 Å². The van der Waals surface area contributed by atoms with Crippen LogP contribution < -0.4 is 5.73 Å². The van der Waals surface area contributed by atoms with Crippen molar-refractivity contribution in [1.29, 1.82) is 0 Å². The zero-order valence-electron chi connectivity index (χ0n) is 8.86. The number of nitrogen functional groups attached to an aromatic ring is 1. The molecule has 1 aromatic rings. The second-order valence-electron chi connectivity index (χ2n) is 3.36. The number of allylic oxidation sites excluding steroid dienone is 1. The third kappa shape index (κ3) is 2.83. The minimum atomic E-state index is -0.130. The molecule has 0 unspecified atom stereocenters. The Morgan fingerprint density at radius 3 is 3.07 bits per heavy atom. The number of nitrogens with two attached hydrogens (primary N) is 1. The standard InChI is InChI=1S/C10H16N4O/c1-3-4-5-6-14(2)10(15)9-8(11)7-12-13-9/h3,7H,1,4-6,11H2,2H3,(H,12,13). The molecule has 1 aromatic heterocycles. The first-order chi connectivity index (χ1) is 7.16. The molecular formula is C10H16N4O. The molecule has 0 radical (unpaired) electrons. The maximum atomic E-state index is 11.8. The predicted octanol–water partition coefficient (Wildman–Crippen LogP) is 1.03. The van der Waals surface area contributed by atoms with Crippen LogP contribution in [0.1, 0.15) is 23.3 Å². The van der Waals surface area contributed by atoms with Crippen molar-refractivity contribution in [3.05, 3.63) is 24.5 Å². The van der Waals surface area contributed by atoms with Crippen LogP contribution in [0, 0.1) is 0 Å². The molecule has 0 spiro atoms. The summed E-state index contributed by atoms with van der Waals surface area (Å²) in [4.78, 5) is 13.4. The minimum absolute atomic E-state index is 0.130. The van der Waals surface area contributed by atoms with Gasteiger partial charge in [0.25, 0.3) is 5.91 Å². The van der Waals surface area contributed by atoms with Crippen molar-refractivity contribution in [2.45, 2.75) is 12.8 Å². The highest BCUT2D eigenvalue weighted by molar-refractivity contribution is 5.96. The van der Waals surface area contributed by atoms with Gasteiger partial charge in [-0.15, -0.1) is 6.58 Å². The lowest BCUT2D eigenvalue weighted by Gasteiger charge is -2.15. The van der Waals surface area contributed by atoms with Gasteiger partial charge in [0.2, 0.25) is 0 Å². The van der Waals surface area contributed by atoms with Crippen molar-refractivity contribution < 1.29 is 4.79 Å². The van der Waals surface area contributed by atoms with E-state index < -0.39 is 0 Å². The second-order valence-corrected chi connectivity index (χ2v) is 3.36. The van der Waals surface area contributed by atoms with E-state index in [2.05, 4.69) is 16.8 Å². The van der Waals surface area contributed by atoms with Crippen LogP contribution in [0.4, 0.5) is 5.69 Å². The van der Waals surface area contributed by atoms with Gasteiger partial charge in [-0.3, -0.25) is 9.89 Å². The zero-order chi connectivity index (χ0) is 11.3. The maximum Gasteiger partial charge on any atom is 0.273 e. The zero-order valence-corrected chi connectivity index (χ0v) is 8.86. The number of anilines is 1. The number of hydrogen-bond acceptors (Lipinski definition) is 3. The number of unbranched alkanes of at least 4 members (excludes halogenated alkanes) is 1. The van der Waals surface area contributed by atoms with Gasteiger partial charge in [0.15, 0.2) is 0 Å². The Kier molecular flexibility index (Phi) is 3.91. The molecule has 15 heavy (non-hydrogen) atoms. The Balaban J connectivity index is 2.53. The van der Waals surface area contributed by atoms with Gasteiger partial charge in [-0.1, -0.05) is 6.08 Å². The van der Waals surface area contributed by atoms with E-state index in [1.165, 1.54) is 6.20 Å². The molecule has 0 aliphatic rings. The molecule has 5 heteroatoms. The normalized spacial score (nSPS) is 9.93. The summed E-state index contributed by atoms with van der Waals surface area (Å²) in [5.74, 6) is -0.130. The van der Waals surface area contributed by atoms with Gasteiger partial charge >= 0.3 is 0 Å². The SMILES string of the molecule is C=CCCCN(C)C(=O)c1[nH]ncc1N. The van der Waals surface area contributed by atoms with E-state index in [1.807, 2.05) is 6.08 Å². The smallest absolute Gasteiger partial charge is 0.273 e.